The second-order valence-corrected chi connectivity index (χ2v) is 13.6. The van der Waals surface area contributed by atoms with Gasteiger partial charge in [-0.2, -0.15) is 0 Å². The van der Waals surface area contributed by atoms with E-state index in [1.165, 1.54) is 37.3 Å². The van der Waals surface area contributed by atoms with Crippen LogP contribution >= 0.6 is 11.6 Å². The first-order valence-corrected chi connectivity index (χ1v) is 16.9. The summed E-state index contributed by atoms with van der Waals surface area (Å²) in [4.78, 5) is 29.9. The van der Waals surface area contributed by atoms with E-state index in [-0.39, 0.29) is 41.2 Å². The lowest BCUT2D eigenvalue weighted by Gasteiger charge is -2.34. The molecule has 248 valence electrons. The maximum absolute atomic E-state index is 14.7. The maximum atomic E-state index is 14.7. The Kier molecular flexibility index (Phi) is 11.9. The van der Waals surface area contributed by atoms with Gasteiger partial charge in [-0.15, -0.1) is 0 Å². The van der Waals surface area contributed by atoms with E-state index in [0.717, 1.165) is 15.4 Å². The zero-order valence-corrected chi connectivity index (χ0v) is 28.7. The Bertz CT molecular complexity index is 1780. The minimum atomic E-state index is -4.34. The van der Waals surface area contributed by atoms with Crippen molar-refractivity contribution in [3.8, 4) is 11.5 Å². The Morgan fingerprint density at radius 3 is 2.15 bits per heavy atom. The molecule has 0 saturated carbocycles. The van der Waals surface area contributed by atoms with E-state index in [1.807, 2.05) is 51.1 Å². The fourth-order valence-electron chi connectivity index (χ4n) is 5.09. The Labute approximate surface area is 282 Å². The van der Waals surface area contributed by atoms with Gasteiger partial charge in [0.1, 0.15) is 24.1 Å². The molecule has 0 bridgehead atoms. The third-order valence-corrected chi connectivity index (χ3v) is 9.69. The fraction of sp³-hybridized carbons (Fsp3) is 0.278. The highest BCUT2D eigenvalue weighted by atomic mass is 35.5. The van der Waals surface area contributed by atoms with Crippen LogP contribution in [0.2, 0.25) is 5.02 Å². The number of rotatable bonds is 14. The highest BCUT2D eigenvalue weighted by Gasteiger charge is 2.36. The molecule has 0 saturated heterocycles. The molecule has 0 aliphatic heterocycles. The highest BCUT2D eigenvalue weighted by Crippen LogP contribution is 2.36. The Hall–Kier alpha value is -4.54. The number of aryl methyl sites for hydroxylation is 1. The molecule has 0 aliphatic carbocycles. The van der Waals surface area contributed by atoms with Crippen LogP contribution in [0.3, 0.4) is 0 Å². The van der Waals surface area contributed by atoms with Gasteiger partial charge in [-0.05, 0) is 62.2 Å². The largest absolute Gasteiger partial charge is 0.497 e. The van der Waals surface area contributed by atoms with Crippen LogP contribution in [-0.4, -0.2) is 58.0 Å². The predicted molar refractivity (Wildman–Crippen MR) is 184 cm³/mol. The molecular formula is C36H40ClN3O6S. The summed E-state index contributed by atoms with van der Waals surface area (Å²) < 4.78 is 40.7. The molecule has 47 heavy (non-hydrogen) atoms. The molecule has 0 aliphatic rings. The summed E-state index contributed by atoms with van der Waals surface area (Å²) in [6.07, 6.45) is 0.183. The molecule has 0 heterocycles. The van der Waals surface area contributed by atoms with Crippen LogP contribution in [0.25, 0.3) is 0 Å². The van der Waals surface area contributed by atoms with Gasteiger partial charge in [-0.3, -0.25) is 13.9 Å². The van der Waals surface area contributed by atoms with Gasteiger partial charge in [0.25, 0.3) is 10.0 Å². The van der Waals surface area contributed by atoms with E-state index in [2.05, 4.69) is 5.32 Å². The Morgan fingerprint density at radius 1 is 0.872 bits per heavy atom. The van der Waals surface area contributed by atoms with Gasteiger partial charge >= 0.3 is 0 Å². The molecule has 4 aromatic carbocycles. The first kappa shape index (κ1) is 35.3. The summed E-state index contributed by atoms with van der Waals surface area (Å²) in [6.45, 7) is 4.83. The quantitative estimate of drug-likeness (QED) is 0.175. The SMILES string of the molecule is COc1ccc(OC)c(N(CC(=O)N(Cc2ccccc2Cl)C(Cc2ccccc2)C(=O)NC(C)C)S(=O)(=O)c2ccc(C)cc2)c1. The zero-order valence-electron chi connectivity index (χ0n) is 27.1. The van der Waals surface area contributed by atoms with Crippen molar-refractivity contribution in [3.63, 3.8) is 0 Å². The molecule has 1 unspecified atom stereocenters. The number of hydrogen-bond donors (Lipinski definition) is 1. The number of nitrogens with zero attached hydrogens (tertiary/aromatic N) is 2. The fourth-order valence-corrected chi connectivity index (χ4v) is 6.70. The number of methoxy groups -OCH3 is 2. The van der Waals surface area contributed by atoms with Gasteiger partial charge in [-0.25, -0.2) is 8.42 Å². The third kappa shape index (κ3) is 8.84. The summed E-state index contributed by atoms with van der Waals surface area (Å²) in [5.74, 6) is -0.421. The predicted octanol–water partition coefficient (Wildman–Crippen LogP) is 6.03. The van der Waals surface area contributed by atoms with Crippen molar-refractivity contribution in [2.45, 2.75) is 50.7 Å². The van der Waals surface area contributed by atoms with Crippen LogP contribution in [0.5, 0.6) is 11.5 Å². The number of sulfonamides is 1. The molecule has 4 rings (SSSR count). The van der Waals surface area contributed by atoms with Gasteiger partial charge in [0, 0.05) is 30.1 Å². The van der Waals surface area contributed by atoms with Crippen molar-refractivity contribution >= 4 is 39.1 Å². The van der Waals surface area contributed by atoms with Crippen molar-refractivity contribution in [2.75, 3.05) is 25.1 Å². The molecular weight excluding hydrogens is 638 g/mol. The molecule has 9 nitrogen and oxygen atoms in total. The third-order valence-electron chi connectivity index (χ3n) is 7.54. The normalized spacial score (nSPS) is 11.9. The van der Waals surface area contributed by atoms with Crippen LogP contribution < -0.4 is 19.1 Å². The number of amides is 2. The second kappa shape index (κ2) is 15.8. The molecule has 11 heteroatoms. The van der Waals surface area contributed by atoms with Crippen LogP contribution in [-0.2, 0) is 32.6 Å². The number of anilines is 1. The molecule has 0 fully saturated rings. The van der Waals surface area contributed by atoms with Crippen LogP contribution in [0.4, 0.5) is 5.69 Å². The van der Waals surface area contributed by atoms with Crippen molar-refractivity contribution in [1.29, 1.82) is 0 Å². The average molecular weight is 678 g/mol. The van der Waals surface area contributed by atoms with Crippen molar-refractivity contribution in [2.24, 2.45) is 0 Å². The van der Waals surface area contributed by atoms with E-state index in [9.17, 15) is 18.0 Å². The highest BCUT2D eigenvalue weighted by molar-refractivity contribution is 7.92. The first-order chi connectivity index (χ1) is 22.4. The minimum absolute atomic E-state index is 0.0168. The zero-order chi connectivity index (χ0) is 34.1. The molecule has 4 aromatic rings. The Morgan fingerprint density at radius 2 is 1.53 bits per heavy atom. The van der Waals surface area contributed by atoms with Gasteiger partial charge in [0.2, 0.25) is 11.8 Å². The lowest BCUT2D eigenvalue weighted by atomic mass is 10.0. The number of nitrogens with one attached hydrogen (secondary N) is 1. The summed E-state index contributed by atoms with van der Waals surface area (Å²) in [6, 6.07) is 26.2. The van der Waals surface area contributed by atoms with Crippen molar-refractivity contribution < 1.29 is 27.5 Å². The van der Waals surface area contributed by atoms with E-state index in [1.54, 1.807) is 48.5 Å². The Balaban J connectivity index is 1.88. The second-order valence-electron chi connectivity index (χ2n) is 11.3. The first-order valence-electron chi connectivity index (χ1n) is 15.1. The van der Waals surface area contributed by atoms with Gasteiger partial charge in [0.15, 0.2) is 0 Å². The van der Waals surface area contributed by atoms with E-state index >= 15 is 0 Å². The van der Waals surface area contributed by atoms with Crippen molar-refractivity contribution in [1.82, 2.24) is 10.2 Å². The number of carbonyl (C=O) groups excluding carboxylic acids is 2. The molecule has 0 radical (unpaired) electrons. The van der Waals surface area contributed by atoms with E-state index in [4.69, 9.17) is 21.1 Å². The van der Waals surface area contributed by atoms with E-state index < -0.39 is 28.5 Å². The number of ether oxygens (including phenoxy) is 2. The number of halogens is 1. The molecule has 1 N–H and O–H groups in total. The van der Waals surface area contributed by atoms with Crippen LogP contribution in [0.1, 0.15) is 30.5 Å². The lowest BCUT2D eigenvalue weighted by Crippen LogP contribution is -2.54. The van der Waals surface area contributed by atoms with Crippen LogP contribution in [0.15, 0.2) is 102 Å². The maximum Gasteiger partial charge on any atom is 0.264 e. The molecule has 0 aromatic heterocycles. The number of benzene rings is 4. The summed E-state index contributed by atoms with van der Waals surface area (Å²) in [7, 11) is -1.46. The van der Waals surface area contributed by atoms with Crippen molar-refractivity contribution in [3.05, 3.63) is 119 Å². The monoisotopic (exact) mass is 677 g/mol. The topological polar surface area (TPSA) is 105 Å². The smallest absolute Gasteiger partial charge is 0.264 e. The van der Waals surface area contributed by atoms with Gasteiger partial charge < -0.3 is 19.7 Å². The standard InChI is InChI=1S/C36H40ClN3O6S/c1-25(2)38-36(42)33(21-27-11-7-6-8-12-27)39(23-28-13-9-10-14-31(28)37)35(41)24-40(32-22-29(45-4)17-20-34(32)46-5)47(43,44)30-18-15-26(3)16-19-30/h6-20,22,25,33H,21,23-24H2,1-5H3,(H,38,42). The number of carbonyl (C=O) groups is 2. The molecule has 1 atom stereocenters. The van der Waals surface area contributed by atoms with Gasteiger partial charge in [-0.1, -0.05) is 77.8 Å². The summed E-state index contributed by atoms with van der Waals surface area (Å²) in [5, 5.41) is 3.35. The molecule has 2 amide bonds. The van der Waals surface area contributed by atoms with Crippen LogP contribution in [0, 0.1) is 6.92 Å². The average Bonchev–Trinajstić information content (AvgIpc) is 3.05. The van der Waals surface area contributed by atoms with E-state index in [0.29, 0.717) is 16.3 Å². The molecule has 0 spiro atoms. The lowest BCUT2D eigenvalue weighted by molar-refractivity contribution is -0.140. The van der Waals surface area contributed by atoms with Gasteiger partial charge in [0.05, 0.1) is 24.8 Å². The number of hydrogen-bond acceptors (Lipinski definition) is 6. The minimum Gasteiger partial charge on any atom is -0.497 e. The summed E-state index contributed by atoms with van der Waals surface area (Å²) >= 11 is 6.57. The summed E-state index contributed by atoms with van der Waals surface area (Å²) in [5.41, 5.74) is 2.40.